The highest BCUT2D eigenvalue weighted by Gasteiger charge is 2.29. The minimum absolute atomic E-state index is 0.401. The van der Waals surface area contributed by atoms with E-state index in [0.29, 0.717) is 11.9 Å². The molecule has 3 aliphatic rings. The summed E-state index contributed by atoms with van der Waals surface area (Å²) in [7, 11) is 2.26. The number of benzene rings is 1. The molecule has 26 heavy (non-hydrogen) atoms. The van der Waals surface area contributed by atoms with Crippen LogP contribution in [0.25, 0.3) is 0 Å². The average Bonchev–Trinajstić information content (AvgIpc) is 2.67. The van der Waals surface area contributed by atoms with Crippen LogP contribution in [0.5, 0.6) is 5.75 Å². The number of rotatable bonds is 3. The molecular formula is C20H31ClN4O. The molecule has 1 aromatic carbocycles. The second-order valence-corrected chi connectivity index (χ2v) is 8.43. The Morgan fingerprint density at radius 1 is 1.15 bits per heavy atom. The number of hydrogen-bond acceptors (Lipinski definition) is 5. The van der Waals surface area contributed by atoms with Crippen molar-refractivity contribution < 1.29 is 5.11 Å². The number of halogens is 1. The van der Waals surface area contributed by atoms with Crippen LogP contribution in [0.15, 0.2) is 6.07 Å². The third kappa shape index (κ3) is 3.68. The molecule has 5 nitrogen and oxygen atoms in total. The van der Waals surface area contributed by atoms with Crippen molar-refractivity contribution in [2.75, 3.05) is 51.6 Å². The summed E-state index contributed by atoms with van der Waals surface area (Å²) in [6, 6.07) is 1.98. The van der Waals surface area contributed by atoms with Crippen molar-refractivity contribution >= 4 is 17.3 Å². The van der Waals surface area contributed by atoms with Crippen molar-refractivity contribution in [2.45, 2.75) is 44.8 Å². The Hall–Kier alpha value is -1.01. The summed E-state index contributed by atoms with van der Waals surface area (Å²) in [5.41, 5.74) is 2.89. The summed E-state index contributed by atoms with van der Waals surface area (Å²) in [6.45, 7) is 7.21. The molecule has 0 radical (unpaired) electrons. The molecule has 1 aromatic rings. The molecule has 0 spiro atoms. The Morgan fingerprint density at radius 3 is 2.73 bits per heavy atom. The number of phenolic OH excluding ortho intramolecular Hbond substituents is 1. The van der Waals surface area contributed by atoms with Crippen molar-refractivity contribution in [1.29, 1.82) is 0 Å². The van der Waals surface area contributed by atoms with Gasteiger partial charge in [-0.1, -0.05) is 11.6 Å². The van der Waals surface area contributed by atoms with E-state index >= 15 is 0 Å². The lowest BCUT2D eigenvalue weighted by Gasteiger charge is -2.44. The zero-order valence-electron chi connectivity index (χ0n) is 15.8. The smallest absolute Gasteiger partial charge is 0.143 e. The highest BCUT2D eigenvalue weighted by Crippen LogP contribution is 2.39. The topological polar surface area (TPSA) is 42.0 Å². The molecule has 0 saturated carbocycles. The van der Waals surface area contributed by atoms with E-state index in [4.69, 9.17) is 11.6 Å². The molecule has 1 unspecified atom stereocenters. The zero-order chi connectivity index (χ0) is 18.1. The number of fused-ring (bicyclic) bond motifs is 1. The molecule has 0 amide bonds. The van der Waals surface area contributed by atoms with E-state index in [1.807, 2.05) is 6.07 Å². The first-order valence-corrected chi connectivity index (χ1v) is 10.4. The minimum Gasteiger partial charge on any atom is -0.505 e. The monoisotopic (exact) mass is 378 g/mol. The van der Waals surface area contributed by atoms with Gasteiger partial charge >= 0.3 is 0 Å². The van der Waals surface area contributed by atoms with Crippen LogP contribution in [0.1, 0.15) is 36.8 Å². The molecule has 3 heterocycles. The summed E-state index contributed by atoms with van der Waals surface area (Å²) >= 11 is 6.49. The van der Waals surface area contributed by atoms with E-state index in [0.717, 1.165) is 73.9 Å². The predicted octanol–water partition coefficient (Wildman–Crippen LogP) is 2.96. The molecule has 3 aliphatic heterocycles. The van der Waals surface area contributed by atoms with Crippen molar-refractivity contribution in [3.05, 3.63) is 22.2 Å². The molecule has 0 bridgehead atoms. The van der Waals surface area contributed by atoms with Gasteiger partial charge in [-0.05, 0) is 57.3 Å². The number of anilines is 1. The number of nitrogens with zero attached hydrogens (tertiary/aromatic N) is 3. The fourth-order valence-corrected chi connectivity index (χ4v) is 5.07. The summed E-state index contributed by atoms with van der Waals surface area (Å²) in [4.78, 5) is 7.59. The molecule has 1 atom stereocenters. The molecule has 2 N–H and O–H groups in total. The summed E-state index contributed by atoms with van der Waals surface area (Å²) < 4.78 is 0. The minimum atomic E-state index is 0.401. The molecule has 144 valence electrons. The van der Waals surface area contributed by atoms with Crippen molar-refractivity contribution in [2.24, 2.45) is 0 Å². The number of aromatic hydroxyl groups is 1. The lowest BCUT2D eigenvalue weighted by molar-refractivity contribution is -0.00199. The van der Waals surface area contributed by atoms with E-state index in [-0.39, 0.29) is 0 Å². The standard InChI is InChI=1S/C20H31ClN4O/c1-23-8-3-2-6-18(23)25-11-9-24(10-12-25)14-15-13-17(21)16-5-4-7-22-19(16)20(15)26/h13,18,22,26H,2-12,14H2,1H3. The maximum absolute atomic E-state index is 10.7. The predicted molar refractivity (Wildman–Crippen MR) is 107 cm³/mol. The van der Waals surface area contributed by atoms with Crippen molar-refractivity contribution in [3.8, 4) is 5.75 Å². The first-order chi connectivity index (χ1) is 12.6. The summed E-state index contributed by atoms with van der Waals surface area (Å²) in [6.07, 6.45) is 6.61. The van der Waals surface area contributed by atoms with Gasteiger partial charge in [-0.25, -0.2) is 0 Å². The number of piperazine rings is 1. The van der Waals surface area contributed by atoms with Gasteiger partial charge in [0.1, 0.15) is 5.75 Å². The second-order valence-electron chi connectivity index (χ2n) is 8.02. The molecular weight excluding hydrogens is 348 g/mol. The number of likely N-dealkylation sites (tertiary alicyclic amines) is 1. The zero-order valence-corrected chi connectivity index (χ0v) is 16.6. The highest BCUT2D eigenvalue weighted by molar-refractivity contribution is 6.32. The van der Waals surface area contributed by atoms with Crippen LogP contribution in [0.4, 0.5) is 5.69 Å². The first kappa shape index (κ1) is 18.4. The summed E-state index contributed by atoms with van der Waals surface area (Å²) in [5, 5.41) is 14.8. The molecule has 0 aliphatic carbocycles. The van der Waals surface area contributed by atoms with E-state index < -0.39 is 0 Å². The Kier molecular flexibility index (Phi) is 5.60. The van der Waals surface area contributed by atoms with Gasteiger partial charge in [-0.2, -0.15) is 0 Å². The highest BCUT2D eigenvalue weighted by atomic mass is 35.5. The van der Waals surface area contributed by atoms with E-state index in [1.165, 1.54) is 25.8 Å². The molecule has 0 aromatic heterocycles. The van der Waals surface area contributed by atoms with Crippen LogP contribution in [0, 0.1) is 0 Å². The third-order valence-electron chi connectivity index (χ3n) is 6.29. The summed E-state index contributed by atoms with van der Waals surface area (Å²) in [5.74, 6) is 0.401. The Balaban J connectivity index is 1.39. The van der Waals surface area contributed by atoms with Crippen LogP contribution in [0.3, 0.4) is 0 Å². The lowest BCUT2D eigenvalue weighted by Crippen LogP contribution is -2.56. The number of phenols is 1. The van der Waals surface area contributed by atoms with Gasteiger partial charge in [0, 0.05) is 49.9 Å². The lowest BCUT2D eigenvalue weighted by atomic mass is 9.99. The normalized spacial score (nSPS) is 25.7. The van der Waals surface area contributed by atoms with Crippen molar-refractivity contribution in [1.82, 2.24) is 14.7 Å². The van der Waals surface area contributed by atoms with Gasteiger partial charge in [0.05, 0.1) is 11.9 Å². The largest absolute Gasteiger partial charge is 0.505 e. The molecule has 4 rings (SSSR count). The quantitative estimate of drug-likeness (QED) is 0.791. The maximum Gasteiger partial charge on any atom is 0.143 e. The number of piperidine rings is 1. The molecule has 2 saturated heterocycles. The van der Waals surface area contributed by atoms with Crippen LogP contribution in [-0.4, -0.2) is 72.3 Å². The maximum atomic E-state index is 10.7. The van der Waals surface area contributed by atoms with Gasteiger partial charge in [-0.3, -0.25) is 14.7 Å². The number of hydrogen-bond donors (Lipinski definition) is 2. The van der Waals surface area contributed by atoms with Crippen LogP contribution >= 0.6 is 11.6 Å². The van der Waals surface area contributed by atoms with E-state index in [2.05, 4.69) is 27.1 Å². The van der Waals surface area contributed by atoms with E-state index in [9.17, 15) is 5.11 Å². The van der Waals surface area contributed by atoms with Crippen LogP contribution < -0.4 is 5.32 Å². The van der Waals surface area contributed by atoms with Gasteiger partial charge < -0.3 is 10.4 Å². The third-order valence-corrected chi connectivity index (χ3v) is 6.63. The fraction of sp³-hybridized carbons (Fsp3) is 0.700. The van der Waals surface area contributed by atoms with Crippen molar-refractivity contribution in [3.63, 3.8) is 0 Å². The van der Waals surface area contributed by atoms with Gasteiger partial charge in [-0.15, -0.1) is 0 Å². The molecule has 2 fully saturated rings. The first-order valence-electron chi connectivity index (χ1n) is 10.1. The average molecular weight is 379 g/mol. The SMILES string of the molecule is CN1CCCCC1N1CCN(Cc2cc(Cl)c3c(c2O)NCCC3)CC1. The Bertz CT molecular complexity index is 645. The molecule has 6 heteroatoms. The van der Waals surface area contributed by atoms with Gasteiger partial charge in [0.2, 0.25) is 0 Å². The fourth-order valence-electron chi connectivity index (χ4n) is 4.74. The Morgan fingerprint density at radius 2 is 1.96 bits per heavy atom. The van der Waals surface area contributed by atoms with E-state index in [1.54, 1.807) is 0 Å². The van der Waals surface area contributed by atoms with Crippen LogP contribution in [0.2, 0.25) is 5.02 Å². The second kappa shape index (κ2) is 7.93. The Labute approximate surface area is 161 Å². The van der Waals surface area contributed by atoms with Crippen LogP contribution in [-0.2, 0) is 13.0 Å². The van der Waals surface area contributed by atoms with Gasteiger partial charge in [0.15, 0.2) is 0 Å². The van der Waals surface area contributed by atoms with Gasteiger partial charge in [0.25, 0.3) is 0 Å². The number of nitrogens with one attached hydrogen (secondary N) is 1.